The van der Waals surface area contributed by atoms with Crippen LogP contribution in [0.4, 0.5) is 11.4 Å². The third kappa shape index (κ3) is 3.42. The predicted octanol–water partition coefficient (Wildman–Crippen LogP) is 2.06. The second-order valence-corrected chi connectivity index (χ2v) is 2.65. The highest BCUT2D eigenvalue weighted by Crippen LogP contribution is 2.23. The lowest BCUT2D eigenvalue weighted by Crippen LogP contribution is -1.99. The molecule has 0 radical (unpaired) electrons. The number of anilines is 2. The van der Waals surface area contributed by atoms with Gasteiger partial charge in [0.15, 0.2) is 0 Å². The number of nitrogen functional groups attached to an aromatic ring is 2. The van der Waals surface area contributed by atoms with Gasteiger partial charge in [0.2, 0.25) is 0 Å². The summed E-state index contributed by atoms with van der Waals surface area (Å²) in [5.41, 5.74) is 12.4. The van der Waals surface area contributed by atoms with Gasteiger partial charge in [0.05, 0.1) is 12.3 Å². The molecule has 0 spiro atoms. The summed E-state index contributed by atoms with van der Waals surface area (Å²) in [7, 11) is 0. The summed E-state index contributed by atoms with van der Waals surface area (Å²) in [4.78, 5) is 0. The molecule has 0 aromatic heterocycles. The van der Waals surface area contributed by atoms with Crippen molar-refractivity contribution >= 4 is 23.8 Å². The smallest absolute Gasteiger partial charge is 0.142 e. The molecule has 0 atom stereocenters. The van der Waals surface area contributed by atoms with Gasteiger partial charge >= 0.3 is 0 Å². The maximum atomic E-state index is 5.66. The van der Waals surface area contributed by atoms with Gasteiger partial charge < -0.3 is 16.2 Å². The Morgan fingerprint density at radius 3 is 2.54 bits per heavy atom. The minimum Gasteiger partial charge on any atom is -0.491 e. The molecule has 13 heavy (non-hydrogen) atoms. The van der Waals surface area contributed by atoms with Crippen molar-refractivity contribution in [1.29, 1.82) is 0 Å². The first kappa shape index (κ1) is 11.9. The fourth-order valence-electron chi connectivity index (χ4n) is 0.910. The Morgan fingerprint density at radius 2 is 2.00 bits per heavy atom. The van der Waals surface area contributed by atoms with Crippen LogP contribution in [0.1, 0.15) is 13.3 Å². The standard InChI is InChI=1S/C9H14N2O.ClH/c1-2-5-12-9-4-3-7(10)6-8(9)11;/h3-4,6H,2,5,10-11H2,1H3;1H. The van der Waals surface area contributed by atoms with E-state index in [0.29, 0.717) is 23.7 Å². The van der Waals surface area contributed by atoms with Crippen LogP contribution in [-0.4, -0.2) is 6.61 Å². The van der Waals surface area contributed by atoms with E-state index in [-0.39, 0.29) is 12.4 Å². The Bertz CT molecular complexity index is 266. The molecule has 0 saturated carbocycles. The Labute approximate surface area is 84.5 Å². The number of rotatable bonds is 3. The third-order valence-electron chi connectivity index (χ3n) is 1.50. The summed E-state index contributed by atoms with van der Waals surface area (Å²) in [5, 5.41) is 0. The minimum atomic E-state index is 0. The van der Waals surface area contributed by atoms with E-state index in [4.69, 9.17) is 16.2 Å². The molecule has 0 aliphatic rings. The first-order valence-corrected chi connectivity index (χ1v) is 4.02. The van der Waals surface area contributed by atoms with E-state index >= 15 is 0 Å². The number of hydrogen-bond donors (Lipinski definition) is 2. The zero-order chi connectivity index (χ0) is 8.97. The van der Waals surface area contributed by atoms with Gasteiger partial charge in [-0.1, -0.05) is 6.92 Å². The second-order valence-electron chi connectivity index (χ2n) is 2.65. The van der Waals surface area contributed by atoms with Gasteiger partial charge in [0.1, 0.15) is 5.75 Å². The summed E-state index contributed by atoms with van der Waals surface area (Å²) in [6.45, 7) is 2.74. The van der Waals surface area contributed by atoms with Crippen molar-refractivity contribution in [1.82, 2.24) is 0 Å². The molecular weight excluding hydrogens is 188 g/mol. The summed E-state index contributed by atoms with van der Waals surface area (Å²) in [6, 6.07) is 5.27. The van der Waals surface area contributed by atoms with E-state index in [1.54, 1.807) is 18.2 Å². The van der Waals surface area contributed by atoms with Crippen molar-refractivity contribution in [3.05, 3.63) is 18.2 Å². The van der Waals surface area contributed by atoms with Crippen LogP contribution in [0.3, 0.4) is 0 Å². The molecule has 0 unspecified atom stereocenters. The molecule has 0 saturated heterocycles. The van der Waals surface area contributed by atoms with Crippen LogP contribution < -0.4 is 16.2 Å². The summed E-state index contributed by atoms with van der Waals surface area (Å²) >= 11 is 0. The molecule has 1 aromatic carbocycles. The molecule has 4 N–H and O–H groups in total. The monoisotopic (exact) mass is 202 g/mol. The first-order valence-electron chi connectivity index (χ1n) is 4.02. The van der Waals surface area contributed by atoms with Gasteiger partial charge in [0.25, 0.3) is 0 Å². The van der Waals surface area contributed by atoms with Crippen LogP contribution in [0, 0.1) is 0 Å². The lowest BCUT2D eigenvalue weighted by atomic mass is 10.2. The Hall–Kier alpha value is -1.09. The van der Waals surface area contributed by atoms with Crippen LogP contribution >= 0.6 is 12.4 Å². The fourth-order valence-corrected chi connectivity index (χ4v) is 0.910. The number of halogens is 1. The highest BCUT2D eigenvalue weighted by atomic mass is 35.5. The predicted molar refractivity (Wildman–Crippen MR) is 58.3 cm³/mol. The summed E-state index contributed by atoms with van der Waals surface area (Å²) < 4.78 is 5.36. The second kappa shape index (κ2) is 5.54. The number of hydrogen-bond acceptors (Lipinski definition) is 3. The van der Waals surface area contributed by atoms with Crippen molar-refractivity contribution in [2.45, 2.75) is 13.3 Å². The zero-order valence-electron chi connectivity index (χ0n) is 7.62. The molecule has 1 rings (SSSR count). The fraction of sp³-hybridized carbons (Fsp3) is 0.333. The van der Waals surface area contributed by atoms with E-state index in [2.05, 4.69) is 0 Å². The van der Waals surface area contributed by atoms with Crippen LogP contribution in [0.2, 0.25) is 0 Å². The lowest BCUT2D eigenvalue weighted by molar-refractivity contribution is 0.319. The largest absolute Gasteiger partial charge is 0.491 e. The molecule has 0 aliphatic heterocycles. The highest BCUT2D eigenvalue weighted by molar-refractivity contribution is 5.85. The van der Waals surface area contributed by atoms with E-state index in [1.807, 2.05) is 6.92 Å². The van der Waals surface area contributed by atoms with E-state index in [9.17, 15) is 0 Å². The molecule has 0 bridgehead atoms. The van der Waals surface area contributed by atoms with Gasteiger partial charge in [-0.25, -0.2) is 0 Å². The van der Waals surface area contributed by atoms with Gasteiger partial charge in [-0.3, -0.25) is 0 Å². The number of ether oxygens (including phenoxy) is 1. The molecule has 0 fully saturated rings. The average Bonchev–Trinajstić information content (AvgIpc) is 2.03. The maximum Gasteiger partial charge on any atom is 0.142 e. The molecule has 1 aromatic rings. The number of nitrogens with two attached hydrogens (primary N) is 2. The molecule has 3 nitrogen and oxygen atoms in total. The SMILES string of the molecule is CCCOc1ccc(N)cc1N.Cl. The van der Waals surface area contributed by atoms with Crippen LogP contribution in [0.5, 0.6) is 5.75 Å². The van der Waals surface area contributed by atoms with Gasteiger partial charge in [0, 0.05) is 5.69 Å². The molecule has 4 heteroatoms. The van der Waals surface area contributed by atoms with E-state index in [1.165, 1.54) is 0 Å². The molecule has 0 amide bonds. The highest BCUT2D eigenvalue weighted by Gasteiger charge is 1.98. The summed E-state index contributed by atoms with van der Waals surface area (Å²) in [6.07, 6.45) is 0.976. The Morgan fingerprint density at radius 1 is 1.31 bits per heavy atom. The van der Waals surface area contributed by atoms with Crippen molar-refractivity contribution < 1.29 is 4.74 Å². The Balaban J connectivity index is 0.00000144. The third-order valence-corrected chi connectivity index (χ3v) is 1.50. The van der Waals surface area contributed by atoms with Gasteiger partial charge in [-0.15, -0.1) is 12.4 Å². The van der Waals surface area contributed by atoms with Crippen LogP contribution in [0.25, 0.3) is 0 Å². The average molecular weight is 203 g/mol. The normalized spacial score (nSPS) is 9.00. The zero-order valence-corrected chi connectivity index (χ0v) is 8.43. The maximum absolute atomic E-state index is 5.66. The summed E-state index contributed by atoms with van der Waals surface area (Å²) in [5.74, 6) is 0.714. The number of benzene rings is 1. The quantitative estimate of drug-likeness (QED) is 0.738. The first-order chi connectivity index (χ1) is 5.74. The van der Waals surface area contributed by atoms with E-state index in [0.717, 1.165) is 6.42 Å². The Kier molecular flexibility index (Phi) is 5.07. The molecule has 0 heterocycles. The lowest BCUT2D eigenvalue weighted by Gasteiger charge is -2.07. The van der Waals surface area contributed by atoms with Crippen molar-refractivity contribution in [2.75, 3.05) is 18.1 Å². The van der Waals surface area contributed by atoms with Gasteiger partial charge in [-0.05, 0) is 24.6 Å². The molecule has 74 valence electrons. The van der Waals surface area contributed by atoms with E-state index < -0.39 is 0 Å². The van der Waals surface area contributed by atoms with Crippen LogP contribution in [-0.2, 0) is 0 Å². The van der Waals surface area contributed by atoms with Crippen molar-refractivity contribution in [3.8, 4) is 5.75 Å². The molecule has 0 aliphatic carbocycles. The van der Waals surface area contributed by atoms with Gasteiger partial charge in [-0.2, -0.15) is 0 Å². The van der Waals surface area contributed by atoms with Crippen molar-refractivity contribution in [2.24, 2.45) is 0 Å². The van der Waals surface area contributed by atoms with Crippen LogP contribution in [0.15, 0.2) is 18.2 Å². The van der Waals surface area contributed by atoms with Crippen molar-refractivity contribution in [3.63, 3.8) is 0 Å². The molecular formula is C9H15ClN2O. The topological polar surface area (TPSA) is 61.3 Å². The minimum absolute atomic E-state index is 0.